The number of unbranched alkanes of at least 4 members (excludes halogenated alkanes) is 16. The standard InChI is InChI=1S/C54H91NO5/c1-4-7-10-13-16-19-22-24-26-27-28-29-31-33-36-39-42-45-50(60-54(59)47-44-41-38-35-32-30-25-23-20-17-14-11-8-5-2)48-53(58)55-51(49-56)52(57)46-43-40-37-34-21-18-15-12-9-6-3/h7-8,10-11,16-17,19-20,24,26,28-29,33,36,42,45,50-52,56-57H,4-6,9,12-15,18,21-23,25,27,30-32,34-35,37-41,43-44,46-49H2,1-3H3,(H,55,58)/b10-7-,11-8+,19-16-,20-17+,26-24-,29-28-,36-33-,45-42-. The van der Waals surface area contributed by atoms with Crippen LogP contribution in [0.25, 0.3) is 0 Å². The molecule has 0 spiro atoms. The predicted octanol–water partition coefficient (Wildman–Crippen LogP) is 14.6. The van der Waals surface area contributed by atoms with Crippen LogP contribution in [0.15, 0.2) is 97.2 Å². The van der Waals surface area contributed by atoms with Crippen LogP contribution in [0.1, 0.15) is 207 Å². The van der Waals surface area contributed by atoms with Gasteiger partial charge in [0.25, 0.3) is 0 Å². The Morgan fingerprint density at radius 3 is 1.42 bits per heavy atom. The van der Waals surface area contributed by atoms with E-state index in [0.29, 0.717) is 19.3 Å². The summed E-state index contributed by atoms with van der Waals surface area (Å²) in [7, 11) is 0. The number of aliphatic hydroxyl groups excluding tert-OH is 2. The van der Waals surface area contributed by atoms with E-state index in [0.717, 1.165) is 89.9 Å². The van der Waals surface area contributed by atoms with Crippen LogP contribution in [-0.2, 0) is 14.3 Å². The number of aliphatic hydroxyl groups is 2. The van der Waals surface area contributed by atoms with E-state index in [2.05, 4.69) is 111 Å². The molecule has 0 saturated carbocycles. The van der Waals surface area contributed by atoms with Gasteiger partial charge in [0.1, 0.15) is 6.10 Å². The van der Waals surface area contributed by atoms with E-state index in [1.807, 2.05) is 6.08 Å². The maximum atomic E-state index is 13.1. The number of amides is 1. The van der Waals surface area contributed by atoms with Crippen molar-refractivity contribution in [2.45, 2.75) is 225 Å². The van der Waals surface area contributed by atoms with Gasteiger partial charge in [-0.15, -0.1) is 0 Å². The summed E-state index contributed by atoms with van der Waals surface area (Å²) in [5.41, 5.74) is 0. The van der Waals surface area contributed by atoms with Gasteiger partial charge in [-0.05, 0) is 83.1 Å². The molecule has 1 amide bonds. The Morgan fingerprint density at radius 2 is 0.933 bits per heavy atom. The van der Waals surface area contributed by atoms with Gasteiger partial charge in [-0.2, -0.15) is 0 Å². The van der Waals surface area contributed by atoms with E-state index in [1.165, 1.54) is 70.6 Å². The molecule has 3 N–H and O–H groups in total. The fourth-order valence-corrected chi connectivity index (χ4v) is 6.76. The van der Waals surface area contributed by atoms with Crippen LogP contribution >= 0.6 is 0 Å². The Hall–Kier alpha value is -3.22. The quantitative estimate of drug-likeness (QED) is 0.0323. The number of rotatable bonds is 42. The van der Waals surface area contributed by atoms with Gasteiger partial charge in [-0.1, -0.05) is 208 Å². The first kappa shape index (κ1) is 56.8. The molecular weight excluding hydrogens is 743 g/mol. The Balaban J connectivity index is 4.82. The summed E-state index contributed by atoms with van der Waals surface area (Å²) in [5.74, 6) is -0.648. The van der Waals surface area contributed by atoms with Gasteiger partial charge >= 0.3 is 5.97 Å². The minimum absolute atomic E-state index is 0.0555. The predicted molar refractivity (Wildman–Crippen MR) is 259 cm³/mol. The molecule has 0 aliphatic carbocycles. The first-order valence-electron chi connectivity index (χ1n) is 24.5. The van der Waals surface area contributed by atoms with Gasteiger partial charge in [0.2, 0.25) is 5.91 Å². The molecule has 0 aliphatic heterocycles. The van der Waals surface area contributed by atoms with Crippen molar-refractivity contribution in [3.63, 3.8) is 0 Å². The Morgan fingerprint density at radius 1 is 0.517 bits per heavy atom. The summed E-state index contributed by atoms with van der Waals surface area (Å²) in [5, 5.41) is 23.6. The monoisotopic (exact) mass is 834 g/mol. The zero-order valence-electron chi connectivity index (χ0n) is 38.8. The summed E-state index contributed by atoms with van der Waals surface area (Å²) < 4.78 is 5.81. The van der Waals surface area contributed by atoms with Crippen LogP contribution in [0, 0.1) is 0 Å². The molecule has 342 valence electrons. The molecule has 3 atom stereocenters. The van der Waals surface area contributed by atoms with Crippen LogP contribution < -0.4 is 5.32 Å². The van der Waals surface area contributed by atoms with Crippen molar-refractivity contribution in [2.75, 3.05) is 6.61 Å². The van der Waals surface area contributed by atoms with Crippen molar-refractivity contribution in [1.82, 2.24) is 5.32 Å². The molecule has 6 nitrogen and oxygen atoms in total. The lowest BCUT2D eigenvalue weighted by Gasteiger charge is -2.23. The lowest BCUT2D eigenvalue weighted by atomic mass is 10.0. The fraction of sp³-hybridized carbons (Fsp3) is 0.667. The molecule has 0 saturated heterocycles. The van der Waals surface area contributed by atoms with E-state index in [4.69, 9.17) is 4.74 Å². The molecule has 0 aromatic carbocycles. The number of carbonyl (C=O) groups is 2. The van der Waals surface area contributed by atoms with Crippen LogP contribution in [0.2, 0.25) is 0 Å². The maximum absolute atomic E-state index is 13.1. The minimum atomic E-state index is -0.824. The molecule has 0 aromatic rings. The highest BCUT2D eigenvalue weighted by Crippen LogP contribution is 2.15. The summed E-state index contributed by atoms with van der Waals surface area (Å²) in [6, 6.07) is -0.748. The molecule has 0 radical (unpaired) electrons. The second kappa shape index (κ2) is 46.8. The zero-order valence-corrected chi connectivity index (χ0v) is 38.8. The molecule has 0 aromatic heterocycles. The van der Waals surface area contributed by atoms with Crippen molar-refractivity contribution >= 4 is 11.9 Å². The van der Waals surface area contributed by atoms with E-state index in [9.17, 15) is 19.8 Å². The lowest BCUT2D eigenvalue weighted by Crippen LogP contribution is -2.46. The topological polar surface area (TPSA) is 95.9 Å². The van der Waals surface area contributed by atoms with Gasteiger partial charge < -0.3 is 20.3 Å². The minimum Gasteiger partial charge on any atom is -0.458 e. The Labute approximate surface area is 369 Å². The molecule has 0 heterocycles. The van der Waals surface area contributed by atoms with Crippen LogP contribution in [0.4, 0.5) is 0 Å². The van der Waals surface area contributed by atoms with Crippen molar-refractivity contribution in [2.24, 2.45) is 0 Å². The van der Waals surface area contributed by atoms with Crippen molar-refractivity contribution in [1.29, 1.82) is 0 Å². The molecule has 3 unspecified atom stereocenters. The van der Waals surface area contributed by atoms with E-state index >= 15 is 0 Å². The first-order valence-corrected chi connectivity index (χ1v) is 24.5. The molecule has 6 heteroatoms. The number of nitrogens with one attached hydrogen (secondary N) is 1. The maximum Gasteiger partial charge on any atom is 0.306 e. The summed E-state index contributed by atoms with van der Waals surface area (Å²) in [6.07, 6.45) is 62.1. The van der Waals surface area contributed by atoms with E-state index in [-0.39, 0.29) is 24.9 Å². The van der Waals surface area contributed by atoms with Crippen LogP contribution in [0.3, 0.4) is 0 Å². The highest BCUT2D eigenvalue weighted by Gasteiger charge is 2.23. The molecule has 0 aliphatic rings. The van der Waals surface area contributed by atoms with Crippen molar-refractivity contribution in [3.05, 3.63) is 97.2 Å². The molecule has 0 bridgehead atoms. The highest BCUT2D eigenvalue weighted by atomic mass is 16.5. The van der Waals surface area contributed by atoms with E-state index < -0.39 is 18.2 Å². The summed E-state index contributed by atoms with van der Waals surface area (Å²) in [6.45, 7) is 6.20. The first-order chi connectivity index (χ1) is 29.5. The van der Waals surface area contributed by atoms with Crippen molar-refractivity contribution < 1.29 is 24.5 Å². The largest absolute Gasteiger partial charge is 0.458 e. The van der Waals surface area contributed by atoms with E-state index in [1.54, 1.807) is 6.08 Å². The second-order valence-electron chi connectivity index (χ2n) is 16.1. The van der Waals surface area contributed by atoms with Crippen molar-refractivity contribution in [3.8, 4) is 0 Å². The summed E-state index contributed by atoms with van der Waals surface area (Å²) in [4.78, 5) is 26.0. The third-order valence-electron chi connectivity index (χ3n) is 10.4. The average Bonchev–Trinajstić information content (AvgIpc) is 3.24. The number of allylic oxidation sites excluding steroid dienone is 15. The number of esters is 1. The lowest BCUT2D eigenvalue weighted by molar-refractivity contribution is -0.148. The fourth-order valence-electron chi connectivity index (χ4n) is 6.76. The van der Waals surface area contributed by atoms with Gasteiger partial charge in [0.15, 0.2) is 0 Å². The number of ether oxygens (including phenoxy) is 1. The third-order valence-corrected chi connectivity index (χ3v) is 10.4. The SMILES string of the molecule is CC/C=C\C/C=C\C/C=C\C/C=C\C/C=C\C/C=C\C(CC(=O)NC(CO)C(O)CCCCCCCCCCCC)OC(=O)CCCCCCCCC/C=C/C/C=C/CC. The Bertz CT molecular complexity index is 1210. The smallest absolute Gasteiger partial charge is 0.306 e. The van der Waals surface area contributed by atoms with Gasteiger partial charge in [0.05, 0.1) is 25.2 Å². The molecular formula is C54H91NO5. The van der Waals surface area contributed by atoms with Gasteiger partial charge in [-0.25, -0.2) is 0 Å². The molecule has 60 heavy (non-hydrogen) atoms. The number of carbonyl (C=O) groups excluding carboxylic acids is 2. The normalized spacial score (nSPS) is 14.2. The number of hydrogen-bond donors (Lipinski definition) is 3. The molecule has 0 fully saturated rings. The van der Waals surface area contributed by atoms with Crippen LogP contribution in [-0.4, -0.2) is 46.9 Å². The average molecular weight is 834 g/mol. The summed E-state index contributed by atoms with van der Waals surface area (Å²) >= 11 is 0. The number of hydrogen-bond acceptors (Lipinski definition) is 5. The van der Waals surface area contributed by atoms with Gasteiger partial charge in [0, 0.05) is 6.42 Å². The Kier molecular flexibility index (Phi) is 44.3. The second-order valence-corrected chi connectivity index (χ2v) is 16.1. The highest BCUT2D eigenvalue weighted by molar-refractivity contribution is 5.78. The third kappa shape index (κ3) is 41.5. The molecule has 0 rings (SSSR count). The van der Waals surface area contributed by atoms with Crippen LogP contribution in [0.5, 0.6) is 0 Å². The zero-order chi connectivity index (χ0) is 43.8. The van der Waals surface area contributed by atoms with Gasteiger partial charge in [-0.3, -0.25) is 9.59 Å².